The Labute approximate surface area is 284 Å². The molecule has 0 aliphatic carbocycles. The van der Waals surface area contributed by atoms with E-state index in [0.29, 0.717) is 19.3 Å². The van der Waals surface area contributed by atoms with E-state index in [9.17, 15) is 29.1 Å². The minimum atomic E-state index is -1.16. The first-order chi connectivity index (χ1) is 22.6. The molecule has 12 heteroatoms. The predicted octanol–water partition coefficient (Wildman–Crippen LogP) is 1.90. The number of carboxylic acids is 1. The molecule has 0 unspecified atom stereocenters. The molecule has 4 amide bonds. The Balaban J connectivity index is 2.20. The number of carbonyl (C=O) groups excluding carboxylic acids is 4. The molecule has 2 rings (SSSR count). The number of hydrogen-bond acceptors (Lipinski definition) is 7. The molecule has 0 fully saturated rings. The van der Waals surface area contributed by atoms with Crippen molar-refractivity contribution in [3.63, 3.8) is 0 Å². The van der Waals surface area contributed by atoms with Crippen LogP contribution in [0.4, 0.5) is 0 Å². The number of nitrogens with two attached hydrogens (primary N) is 2. The molecule has 2 aromatic rings. The zero-order valence-corrected chi connectivity index (χ0v) is 28.9. The Bertz CT molecular complexity index is 1340. The van der Waals surface area contributed by atoms with E-state index in [1.165, 1.54) is 0 Å². The molecule has 12 nitrogen and oxygen atoms in total. The molecule has 2 aromatic carbocycles. The first-order valence-electron chi connectivity index (χ1n) is 16.7. The first kappa shape index (κ1) is 39.9. The van der Waals surface area contributed by atoms with Crippen LogP contribution in [0.25, 0.3) is 0 Å². The second-order valence-corrected chi connectivity index (χ2v) is 13.2. The number of aliphatic carboxylic acids is 1. The zero-order valence-electron chi connectivity index (χ0n) is 28.9. The fourth-order valence-electron chi connectivity index (χ4n) is 5.25. The molecule has 0 bridgehead atoms. The summed E-state index contributed by atoms with van der Waals surface area (Å²) >= 11 is 0. The van der Waals surface area contributed by atoms with Crippen molar-refractivity contribution in [2.24, 2.45) is 29.2 Å². The molecule has 7 atom stereocenters. The molecule has 48 heavy (non-hydrogen) atoms. The summed E-state index contributed by atoms with van der Waals surface area (Å²) in [5, 5.41) is 20.6. The molecular weight excluding hydrogens is 612 g/mol. The Kier molecular flexibility index (Phi) is 16.2. The van der Waals surface area contributed by atoms with Gasteiger partial charge in [0, 0.05) is 18.5 Å². The molecule has 0 saturated carbocycles. The smallest absolute Gasteiger partial charge is 0.326 e. The van der Waals surface area contributed by atoms with Gasteiger partial charge in [-0.2, -0.15) is 0 Å². The van der Waals surface area contributed by atoms with Gasteiger partial charge < -0.3 is 37.8 Å². The van der Waals surface area contributed by atoms with E-state index in [-0.39, 0.29) is 24.2 Å². The quantitative estimate of drug-likeness (QED) is 0.118. The largest absolute Gasteiger partial charge is 0.480 e. The Morgan fingerprint density at radius 2 is 1.12 bits per heavy atom. The second-order valence-electron chi connectivity index (χ2n) is 13.2. The van der Waals surface area contributed by atoms with Crippen LogP contribution in [0.1, 0.15) is 65.5 Å². The maximum atomic E-state index is 13.7. The third-order valence-corrected chi connectivity index (χ3v) is 8.49. The van der Waals surface area contributed by atoms with Gasteiger partial charge in [0.1, 0.15) is 18.1 Å². The van der Waals surface area contributed by atoms with Gasteiger partial charge in [-0.05, 0) is 41.7 Å². The van der Waals surface area contributed by atoms with Gasteiger partial charge in [-0.3, -0.25) is 19.2 Å². The highest BCUT2D eigenvalue weighted by Crippen LogP contribution is 2.14. The van der Waals surface area contributed by atoms with E-state index >= 15 is 0 Å². The van der Waals surface area contributed by atoms with Crippen molar-refractivity contribution in [2.45, 2.75) is 103 Å². The molecule has 0 saturated heterocycles. The Morgan fingerprint density at radius 1 is 0.646 bits per heavy atom. The van der Waals surface area contributed by atoms with Crippen molar-refractivity contribution in [2.75, 3.05) is 0 Å². The van der Waals surface area contributed by atoms with Crippen LogP contribution in [-0.4, -0.2) is 71.0 Å². The molecule has 0 aromatic heterocycles. The summed E-state index contributed by atoms with van der Waals surface area (Å²) in [4.78, 5) is 64.9. The third kappa shape index (κ3) is 12.7. The fourth-order valence-corrected chi connectivity index (χ4v) is 5.25. The molecule has 0 aliphatic heterocycles. The van der Waals surface area contributed by atoms with Gasteiger partial charge in [0.25, 0.3) is 0 Å². The van der Waals surface area contributed by atoms with Gasteiger partial charge in [-0.1, -0.05) is 109 Å². The molecule has 0 heterocycles. The molecule has 9 N–H and O–H groups in total. The van der Waals surface area contributed by atoms with Crippen molar-refractivity contribution in [1.29, 1.82) is 0 Å². The highest BCUT2D eigenvalue weighted by Gasteiger charge is 2.33. The fraction of sp³-hybridized carbons (Fsp3) is 0.528. The van der Waals surface area contributed by atoms with Crippen LogP contribution in [0.2, 0.25) is 0 Å². The highest BCUT2D eigenvalue weighted by atomic mass is 16.4. The zero-order chi connectivity index (χ0) is 36.0. The lowest BCUT2D eigenvalue weighted by Gasteiger charge is -2.30. The van der Waals surface area contributed by atoms with Gasteiger partial charge in [0.2, 0.25) is 23.6 Å². The van der Waals surface area contributed by atoms with Crippen molar-refractivity contribution in [3.8, 4) is 0 Å². The lowest BCUT2D eigenvalue weighted by atomic mass is 9.94. The van der Waals surface area contributed by atoms with Gasteiger partial charge in [-0.15, -0.1) is 0 Å². The van der Waals surface area contributed by atoms with Crippen LogP contribution in [0.15, 0.2) is 60.7 Å². The lowest BCUT2D eigenvalue weighted by Crippen LogP contribution is -2.59. The van der Waals surface area contributed by atoms with Crippen molar-refractivity contribution in [1.82, 2.24) is 21.3 Å². The maximum absolute atomic E-state index is 13.7. The highest BCUT2D eigenvalue weighted by molar-refractivity contribution is 5.91. The predicted molar refractivity (Wildman–Crippen MR) is 185 cm³/mol. The van der Waals surface area contributed by atoms with Crippen LogP contribution in [0.3, 0.4) is 0 Å². The summed E-state index contributed by atoms with van der Waals surface area (Å²) in [5.41, 5.74) is 14.5. The van der Waals surface area contributed by atoms with Crippen molar-refractivity contribution >= 4 is 29.6 Å². The first-order valence-corrected chi connectivity index (χ1v) is 16.7. The van der Waals surface area contributed by atoms with E-state index in [0.717, 1.165) is 11.1 Å². The van der Waals surface area contributed by atoms with E-state index < -0.39 is 65.8 Å². The number of carbonyl (C=O) groups is 5. The molecule has 0 radical (unpaired) electrons. The standard InChI is InChI=1S/C36H54N6O6/c1-7-23(6)32(35(46)42-31(22(4)5)36(47)48)40-29(43)20-26(37)28(19-25-16-12-9-13-17-25)39-34(45)30(21(2)3)41-33(44)27(38)18-24-14-10-8-11-15-24/h8-17,21-23,26-28,30-32H,7,18-20,37-38H2,1-6H3,(H,39,45)(H,40,43)(H,41,44)(H,42,46)(H,47,48)/t23-,26-,27-,28-,30-,31-,32-/m0/s1. The molecular formula is C36H54N6O6. The average molecular weight is 667 g/mol. The van der Waals surface area contributed by atoms with E-state index in [1.54, 1.807) is 34.6 Å². The third-order valence-electron chi connectivity index (χ3n) is 8.49. The van der Waals surface area contributed by atoms with Crippen molar-refractivity contribution < 1.29 is 29.1 Å². The van der Waals surface area contributed by atoms with Crippen LogP contribution in [-0.2, 0) is 36.8 Å². The van der Waals surface area contributed by atoms with Crippen LogP contribution < -0.4 is 32.7 Å². The van der Waals surface area contributed by atoms with E-state index in [1.807, 2.05) is 67.6 Å². The maximum Gasteiger partial charge on any atom is 0.326 e. The van der Waals surface area contributed by atoms with Gasteiger partial charge in [-0.25, -0.2) is 4.79 Å². The summed E-state index contributed by atoms with van der Waals surface area (Å²) in [6.45, 7) is 10.6. The van der Waals surface area contributed by atoms with Crippen LogP contribution in [0.5, 0.6) is 0 Å². The Hall–Kier alpha value is -4.29. The van der Waals surface area contributed by atoms with E-state index in [2.05, 4.69) is 21.3 Å². The summed E-state index contributed by atoms with van der Waals surface area (Å²) in [5.74, 6) is -4.16. The molecule has 0 aliphatic rings. The summed E-state index contributed by atoms with van der Waals surface area (Å²) < 4.78 is 0. The number of benzene rings is 2. The average Bonchev–Trinajstić information content (AvgIpc) is 3.04. The Morgan fingerprint density at radius 3 is 1.60 bits per heavy atom. The number of hydrogen-bond donors (Lipinski definition) is 7. The second kappa shape index (κ2) is 19.5. The number of rotatable bonds is 19. The van der Waals surface area contributed by atoms with Crippen LogP contribution in [0, 0.1) is 17.8 Å². The summed E-state index contributed by atoms with van der Waals surface area (Å²) in [7, 11) is 0. The molecule has 0 spiro atoms. The monoisotopic (exact) mass is 666 g/mol. The number of amides is 4. The summed E-state index contributed by atoms with van der Waals surface area (Å²) in [6.07, 6.45) is 0.927. The van der Waals surface area contributed by atoms with Crippen LogP contribution >= 0.6 is 0 Å². The van der Waals surface area contributed by atoms with Crippen molar-refractivity contribution in [3.05, 3.63) is 71.8 Å². The molecule has 264 valence electrons. The summed E-state index contributed by atoms with van der Waals surface area (Å²) in [6, 6.07) is 13.2. The minimum Gasteiger partial charge on any atom is -0.480 e. The van der Waals surface area contributed by atoms with Gasteiger partial charge in [0.15, 0.2) is 0 Å². The van der Waals surface area contributed by atoms with Gasteiger partial charge >= 0.3 is 5.97 Å². The SMILES string of the molecule is CC[C@H](C)[C@H](NC(=O)C[C@H](N)[C@H](Cc1ccccc1)NC(=O)[C@@H](NC(=O)[C@@H](N)Cc1ccccc1)C(C)C)C(=O)N[C@H](C(=O)O)C(C)C. The number of nitrogens with one attached hydrogen (secondary N) is 4. The lowest BCUT2D eigenvalue weighted by molar-refractivity contribution is -0.143. The van der Waals surface area contributed by atoms with E-state index in [4.69, 9.17) is 11.5 Å². The normalized spacial score (nSPS) is 15.7. The minimum absolute atomic E-state index is 0.231. The topological polar surface area (TPSA) is 206 Å². The number of carboxylic acid groups (broad SMARTS) is 1. The van der Waals surface area contributed by atoms with Gasteiger partial charge in [0.05, 0.1) is 6.04 Å².